The molecule has 12 heavy (non-hydrogen) atoms. The van der Waals surface area contributed by atoms with E-state index in [1.807, 2.05) is 6.92 Å². The Kier molecular flexibility index (Phi) is 1.79. The molecule has 1 saturated carbocycles. The van der Waals surface area contributed by atoms with Crippen LogP contribution in [0.5, 0.6) is 0 Å². The normalized spacial score (nSPS) is 17.8. The lowest BCUT2D eigenvalue weighted by atomic mass is 9.93. The second-order valence-corrected chi connectivity index (χ2v) is 3.76. The van der Waals surface area contributed by atoms with E-state index in [0.717, 1.165) is 23.6 Å². The summed E-state index contributed by atoms with van der Waals surface area (Å²) in [5.74, 6) is 0. The fourth-order valence-electron chi connectivity index (χ4n) is 1.54. The van der Waals surface area contributed by atoms with Crippen molar-refractivity contribution in [2.24, 2.45) is 0 Å². The van der Waals surface area contributed by atoms with Crippen molar-refractivity contribution < 1.29 is 0 Å². The predicted octanol–water partition coefficient (Wildman–Crippen LogP) is 1.50. The molecule has 0 amide bonds. The van der Waals surface area contributed by atoms with Gasteiger partial charge in [-0.2, -0.15) is 0 Å². The molecule has 0 unspecified atom stereocenters. The van der Waals surface area contributed by atoms with Crippen molar-refractivity contribution in [3.8, 4) is 0 Å². The average Bonchev–Trinajstić information content (AvgIpc) is 2.13. The number of nitrogens with one attached hydrogen (secondary N) is 1. The highest BCUT2D eigenvalue weighted by Gasteiger charge is 2.23. The molecule has 1 N–H and O–H groups in total. The first-order chi connectivity index (χ1) is 5.70. The lowest BCUT2D eigenvalue weighted by Gasteiger charge is -2.26. The number of aromatic amines is 1. The summed E-state index contributed by atoms with van der Waals surface area (Å²) in [6, 6.07) is 0.398. The lowest BCUT2D eigenvalue weighted by Crippen LogP contribution is -2.27. The molecule has 0 bridgehead atoms. The molecule has 4 heteroatoms. The van der Waals surface area contributed by atoms with Crippen molar-refractivity contribution in [3.05, 3.63) is 16.2 Å². The van der Waals surface area contributed by atoms with Crippen LogP contribution in [-0.2, 0) is 0 Å². The van der Waals surface area contributed by atoms with Crippen molar-refractivity contribution >= 4 is 12.6 Å². The third-order valence-electron chi connectivity index (χ3n) is 2.52. The first-order valence-electron chi connectivity index (χ1n) is 4.20. The zero-order valence-corrected chi connectivity index (χ0v) is 7.90. The van der Waals surface area contributed by atoms with Gasteiger partial charge in [0.2, 0.25) is 0 Å². The molecule has 3 nitrogen and oxygen atoms in total. The Morgan fingerprint density at radius 3 is 2.58 bits per heavy atom. The first-order valence-corrected chi connectivity index (χ1v) is 4.65. The van der Waals surface area contributed by atoms with E-state index >= 15 is 0 Å². The minimum Gasteiger partial charge on any atom is -0.309 e. The summed E-state index contributed by atoms with van der Waals surface area (Å²) in [6.45, 7) is 1.87. The Morgan fingerprint density at radius 1 is 1.58 bits per heavy atom. The van der Waals surface area contributed by atoms with Gasteiger partial charge in [0.15, 0.2) is 0 Å². The number of aryl methyl sites for hydroxylation is 1. The van der Waals surface area contributed by atoms with Gasteiger partial charge in [0.05, 0.1) is 5.03 Å². The van der Waals surface area contributed by atoms with Crippen LogP contribution < -0.4 is 5.69 Å². The molecule has 1 aliphatic rings. The third-order valence-corrected chi connectivity index (χ3v) is 3.07. The van der Waals surface area contributed by atoms with Crippen LogP contribution >= 0.6 is 12.6 Å². The zero-order chi connectivity index (χ0) is 8.72. The molecule has 0 spiro atoms. The Morgan fingerprint density at radius 2 is 2.25 bits per heavy atom. The van der Waals surface area contributed by atoms with Crippen molar-refractivity contribution in [3.63, 3.8) is 0 Å². The van der Waals surface area contributed by atoms with Crippen LogP contribution in [0.2, 0.25) is 0 Å². The van der Waals surface area contributed by atoms with Gasteiger partial charge < -0.3 is 4.98 Å². The van der Waals surface area contributed by atoms with E-state index in [0.29, 0.717) is 6.04 Å². The van der Waals surface area contributed by atoms with E-state index in [4.69, 9.17) is 0 Å². The van der Waals surface area contributed by atoms with E-state index in [1.165, 1.54) is 6.42 Å². The smallest absolute Gasteiger partial charge is 0.309 e. The molecule has 1 aliphatic carbocycles. The fraction of sp³-hybridized carbons (Fsp3) is 0.625. The van der Waals surface area contributed by atoms with Gasteiger partial charge in [-0.05, 0) is 26.2 Å². The third kappa shape index (κ3) is 1.02. The molecule has 1 fully saturated rings. The van der Waals surface area contributed by atoms with Crippen LogP contribution in [-0.4, -0.2) is 9.55 Å². The van der Waals surface area contributed by atoms with Crippen LogP contribution in [0.3, 0.4) is 0 Å². The number of nitrogens with zero attached hydrogens (tertiary/aromatic N) is 1. The molecular weight excluding hydrogens is 172 g/mol. The first kappa shape index (κ1) is 7.98. The summed E-state index contributed by atoms with van der Waals surface area (Å²) in [6.07, 6.45) is 3.46. The van der Waals surface area contributed by atoms with Gasteiger partial charge in [-0.1, -0.05) is 0 Å². The Labute approximate surface area is 76.2 Å². The topological polar surface area (TPSA) is 37.8 Å². The maximum atomic E-state index is 11.4. The van der Waals surface area contributed by atoms with Gasteiger partial charge in [-0.25, -0.2) is 4.79 Å². The molecule has 0 radical (unpaired) electrons. The van der Waals surface area contributed by atoms with Crippen LogP contribution in [0, 0.1) is 6.92 Å². The highest BCUT2D eigenvalue weighted by atomic mass is 32.1. The van der Waals surface area contributed by atoms with Crippen molar-refractivity contribution in [2.75, 3.05) is 0 Å². The van der Waals surface area contributed by atoms with Gasteiger partial charge in [0.1, 0.15) is 0 Å². The van der Waals surface area contributed by atoms with Crippen molar-refractivity contribution in [1.82, 2.24) is 9.55 Å². The highest BCUT2D eigenvalue weighted by Crippen LogP contribution is 2.32. The van der Waals surface area contributed by atoms with E-state index in [9.17, 15) is 4.79 Å². The monoisotopic (exact) mass is 184 g/mol. The van der Waals surface area contributed by atoms with E-state index in [-0.39, 0.29) is 5.69 Å². The SMILES string of the molecule is Cc1[nH]c(=O)n(C2CCC2)c1S. The number of hydrogen-bond donors (Lipinski definition) is 2. The maximum absolute atomic E-state index is 11.4. The standard InChI is InChI=1S/C8H12N2OS/c1-5-7(12)10(8(11)9-5)6-3-2-4-6/h6,12H,2-4H2,1H3,(H,9,11). The fourth-order valence-corrected chi connectivity index (χ4v) is 1.85. The van der Waals surface area contributed by atoms with Crippen LogP contribution in [0.4, 0.5) is 0 Å². The molecule has 0 aliphatic heterocycles. The number of rotatable bonds is 1. The Balaban J connectivity index is 2.47. The number of hydrogen-bond acceptors (Lipinski definition) is 2. The summed E-state index contributed by atoms with van der Waals surface area (Å²) in [4.78, 5) is 14.1. The Hall–Kier alpha value is -0.640. The van der Waals surface area contributed by atoms with Crippen LogP contribution in [0.1, 0.15) is 31.0 Å². The number of H-pyrrole nitrogens is 1. The van der Waals surface area contributed by atoms with Crippen molar-refractivity contribution in [2.45, 2.75) is 37.3 Å². The second-order valence-electron chi connectivity index (χ2n) is 3.33. The quantitative estimate of drug-likeness (QED) is 0.638. The molecule has 0 saturated heterocycles. The summed E-state index contributed by atoms with van der Waals surface area (Å²) >= 11 is 4.29. The molecule has 1 heterocycles. The summed E-state index contributed by atoms with van der Waals surface area (Å²) in [5.41, 5.74) is 0.859. The van der Waals surface area contributed by atoms with Gasteiger partial charge >= 0.3 is 5.69 Å². The molecule has 1 aromatic rings. The van der Waals surface area contributed by atoms with E-state index in [2.05, 4.69) is 17.6 Å². The van der Waals surface area contributed by atoms with Crippen LogP contribution in [0.15, 0.2) is 9.82 Å². The molecule has 0 atom stereocenters. The molecule has 1 aromatic heterocycles. The minimum atomic E-state index is -0.0119. The average molecular weight is 184 g/mol. The molecular formula is C8H12N2OS. The summed E-state index contributed by atoms with van der Waals surface area (Å²) in [5, 5.41) is 0.796. The van der Waals surface area contributed by atoms with Crippen LogP contribution in [0.25, 0.3) is 0 Å². The van der Waals surface area contributed by atoms with Gasteiger partial charge in [0.25, 0.3) is 0 Å². The van der Waals surface area contributed by atoms with Gasteiger partial charge in [-0.3, -0.25) is 4.57 Å². The highest BCUT2D eigenvalue weighted by molar-refractivity contribution is 7.80. The lowest BCUT2D eigenvalue weighted by molar-refractivity contribution is 0.292. The maximum Gasteiger partial charge on any atom is 0.326 e. The number of thiol groups is 1. The summed E-state index contributed by atoms with van der Waals surface area (Å²) < 4.78 is 1.77. The molecule has 2 rings (SSSR count). The minimum absolute atomic E-state index is 0.0119. The Bertz CT molecular complexity index is 348. The number of aromatic nitrogens is 2. The largest absolute Gasteiger partial charge is 0.326 e. The second kappa shape index (κ2) is 2.69. The molecule has 66 valence electrons. The van der Waals surface area contributed by atoms with Gasteiger partial charge in [-0.15, -0.1) is 12.6 Å². The van der Waals surface area contributed by atoms with Gasteiger partial charge in [0, 0.05) is 11.7 Å². The van der Waals surface area contributed by atoms with E-state index in [1.54, 1.807) is 4.57 Å². The zero-order valence-electron chi connectivity index (χ0n) is 7.00. The molecule has 0 aromatic carbocycles. The van der Waals surface area contributed by atoms with E-state index < -0.39 is 0 Å². The predicted molar refractivity (Wildman–Crippen MR) is 49.9 cm³/mol. The number of imidazole rings is 1. The van der Waals surface area contributed by atoms with Crippen molar-refractivity contribution in [1.29, 1.82) is 0 Å². The summed E-state index contributed by atoms with van der Waals surface area (Å²) in [7, 11) is 0.